The fraction of sp³-hybridized carbons (Fsp3) is 0.667. The topological polar surface area (TPSA) is 46.3 Å². The highest BCUT2D eigenvalue weighted by Crippen LogP contribution is 2.29. The minimum Gasteiger partial charge on any atom is -0.351 e. The molecule has 1 fully saturated rings. The van der Waals surface area contributed by atoms with Crippen LogP contribution in [0.15, 0.2) is 12.2 Å². The monoisotopic (exact) mass is 166 g/mol. The minimum absolute atomic E-state index is 0.256. The lowest BCUT2D eigenvalue weighted by atomic mass is 9.85. The summed E-state index contributed by atoms with van der Waals surface area (Å²) in [6.45, 7) is 0.842. The number of carbonyl (C=O) groups is 1. The number of carbonyl (C=O) groups excluding carboxylic acids is 1. The Morgan fingerprint density at radius 2 is 2.42 bits per heavy atom. The van der Waals surface area contributed by atoms with Gasteiger partial charge >= 0.3 is 6.03 Å². The first kappa shape index (κ1) is 7.65. The van der Waals surface area contributed by atoms with Gasteiger partial charge in [-0.25, -0.2) is 4.79 Å². The van der Waals surface area contributed by atoms with Gasteiger partial charge in [0.05, 0.1) is 0 Å². The van der Waals surface area contributed by atoms with Crippen molar-refractivity contribution in [3.8, 4) is 0 Å². The summed E-state index contributed by atoms with van der Waals surface area (Å²) in [5, 5.41) is 0. The van der Waals surface area contributed by atoms with Crippen molar-refractivity contribution in [2.24, 2.45) is 11.7 Å². The van der Waals surface area contributed by atoms with Crippen molar-refractivity contribution in [1.29, 1.82) is 0 Å². The van der Waals surface area contributed by atoms with Crippen molar-refractivity contribution < 1.29 is 4.79 Å². The number of allylic oxidation sites excluding steroid dienone is 1. The maximum Gasteiger partial charge on any atom is 0.315 e. The Morgan fingerprint density at radius 1 is 1.58 bits per heavy atom. The van der Waals surface area contributed by atoms with Crippen LogP contribution in [-0.2, 0) is 0 Å². The molecule has 0 aromatic heterocycles. The van der Waals surface area contributed by atoms with Crippen LogP contribution in [0, 0.1) is 5.92 Å². The summed E-state index contributed by atoms with van der Waals surface area (Å²) in [4.78, 5) is 12.8. The van der Waals surface area contributed by atoms with Crippen LogP contribution in [0.5, 0.6) is 0 Å². The van der Waals surface area contributed by atoms with Gasteiger partial charge in [0.2, 0.25) is 0 Å². The minimum atomic E-state index is -0.256. The number of amides is 2. The van der Waals surface area contributed by atoms with E-state index in [1.54, 1.807) is 4.90 Å². The van der Waals surface area contributed by atoms with Gasteiger partial charge < -0.3 is 10.6 Å². The number of primary amides is 1. The molecule has 1 aliphatic heterocycles. The molecule has 12 heavy (non-hydrogen) atoms. The van der Waals surface area contributed by atoms with E-state index in [0.29, 0.717) is 12.0 Å². The molecular formula is C9H14N2O. The average Bonchev–Trinajstić information content (AvgIpc) is 2.04. The standard InChI is InChI=1S/C9H14N2O/c10-9(12)11-5-4-7-2-1-3-8(11)6-7/h1-2,7-8H,3-6H2,(H2,10,12). The SMILES string of the molecule is NC(=O)N1CCC2C=CCC1C2. The van der Waals surface area contributed by atoms with Crippen molar-refractivity contribution in [2.45, 2.75) is 25.3 Å². The average molecular weight is 166 g/mol. The second-order valence-corrected chi connectivity index (χ2v) is 3.63. The van der Waals surface area contributed by atoms with Gasteiger partial charge in [0.1, 0.15) is 0 Å². The molecule has 0 aromatic carbocycles. The molecule has 1 saturated heterocycles. The lowest BCUT2D eigenvalue weighted by Gasteiger charge is -2.39. The molecule has 2 unspecified atom stereocenters. The molecule has 0 aromatic rings. The van der Waals surface area contributed by atoms with E-state index in [-0.39, 0.29) is 6.03 Å². The Kier molecular flexibility index (Phi) is 1.79. The lowest BCUT2D eigenvalue weighted by Crippen LogP contribution is -2.49. The molecule has 2 N–H and O–H groups in total. The molecule has 1 aliphatic carbocycles. The van der Waals surface area contributed by atoms with Crippen LogP contribution in [0.4, 0.5) is 4.79 Å². The third-order valence-corrected chi connectivity index (χ3v) is 2.86. The Bertz CT molecular complexity index is 225. The number of urea groups is 1. The number of fused-ring (bicyclic) bond motifs is 2. The van der Waals surface area contributed by atoms with Gasteiger partial charge in [-0.1, -0.05) is 12.2 Å². The van der Waals surface area contributed by atoms with Crippen molar-refractivity contribution in [3.63, 3.8) is 0 Å². The molecule has 2 bridgehead atoms. The molecule has 2 aliphatic rings. The summed E-state index contributed by atoms with van der Waals surface area (Å²) in [7, 11) is 0. The van der Waals surface area contributed by atoms with E-state index in [1.807, 2.05) is 0 Å². The molecule has 3 nitrogen and oxygen atoms in total. The molecule has 0 radical (unpaired) electrons. The van der Waals surface area contributed by atoms with E-state index in [9.17, 15) is 4.79 Å². The summed E-state index contributed by atoms with van der Waals surface area (Å²) in [5.74, 6) is 0.694. The van der Waals surface area contributed by atoms with E-state index >= 15 is 0 Å². The van der Waals surface area contributed by atoms with Gasteiger partial charge in [0.15, 0.2) is 0 Å². The molecule has 66 valence electrons. The van der Waals surface area contributed by atoms with Crippen LogP contribution >= 0.6 is 0 Å². The predicted octanol–water partition coefficient (Wildman–Crippen LogP) is 1.11. The second kappa shape index (κ2) is 2.81. The lowest BCUT2D eigenvalue weighted by molar-refractivity contribution is 0.141. The molecule has 0 saturated carbocycles. The Labute approximate surface area is 72.2 Å². The summed E-state index contributed by atoms with van der Waals surface area (Å²) < 4.78 is 0. The highest BCUT2D eigenvalue weighted by molar-refractivity contribution is 5.72. The molecule has 3 heteroatoms. The van der Waals surface area contributed by atoms with E-state index in [1.165, 1.54) is 0 Å². The van der Waals surface area contributed by atoms with E-state index in [4.69, 9.17) is 5.73 Å². The molecule has 1 heterocycles. The van der Waals surface area contributed by atoms with Crippen LogP contribution < -0.4 is 5.73 Å². The second-order valence-electron chi connectivity index (χ2n) is 3.63. The fourth-order valence-electron chi connectivity index (χ4n) is 2.20. The predicted molar refractivity (Wildman–Crippen MR) is 46.6 cm³/mol. The van der Waals surface area contributed by atoms with Gasteiger partial charge in [-0.05, 0) is 25.2 Å². The van der Waals surface area contributed by atoms with Crippen LogP contribution in [0.3, 0.4) is 0 Å². The van der Waals surface area contributed by atoms with E-state index in [2.05, 4.69) is 12.2 Å². The van der Waals surface area contributed by atoms with Crippen LogP contribution in [-0.4, -0.2) is 23.5 Å². The van der Waals surface area contributed by atoms with Crippen LogP contribution in [0.1, 0.15) is 19.3 Å². The largest absolute Gasteiger partial charge is 0.351 e. The highest BCUT2D eigenvalue weighted by Gasteiger charge is 2.30. The summed E-state index contributed by atoms with van der Waals surface area (Å²) in [6.07, 6.45) is 7.62. The number of piperidine rings is 1. The molecule has 2 amide bonds. The van der Waals surface area contributed by atoms with Crippen molar-refractivity contribution in [2.75, 3.05) is 6.54 Å². The first-order valence-electron chi connectivity index (χ1n) is 4.50. The normalized spacial score (nSPS) is 33.5. The Morgan fingerprint density at radius 3 is 3.17 bits per heavy atom. The summed E-state index contributed by atoms with van der Waals surface area (Å²) in [6, 6.07) is 0.125. The summed E-state index contributed by atoms with van der Waals surface area (Å²) in [5.41, 5.74) is 5.27. The van der Waals surface area contributed by atoms with Gasteiger partial charge in [0.25, 0.3) is 0 Å². The molecule has 2 atom stereocenters. The van der Waals surface area contributed by atoms with Crippen LogP contribution in [0.25, 0.3) is 0 Å². The van der Waals surface area contributed by atoms with Crippen molar-refractivity contribution in [3.05, 3.63) is 12.2 Å². The maximum atomic E-state index is 11.0. The summed E-state index contributed by atoms with van der Waals surface area (Å²) >= 11 is 0. The number of nitrogens with zero attached hydrogens (tertiary/aromatic N) is 1. The van der Waals surface area contributed by atoms with Gasteiger partial charge in [-0.2, -0.15) is 0 Å². The smallest absolute Gasteiger partial charge is 0.315 e. The van der Waals surface area contributed by atoms with Gasteiger partial charge in [0, 0.05) is 12.6 Å². The Hall–Kier alpha value is -0.990. The van der Waals surface area contributed by atoms with Gasteiger partial charge in [-0.3, -0.25) is 0 Å². The van der Waals surface area contributed by atoms with E-state index in [0.717, 1.165) is 25.8 Å². The highest BCUT2D eigenvalue weighted by atomic mass is 16.2. The number of nitrogens with two attached hydrogens (primary N) is 1. The Balaban J connectivity index is 2.11. The van der Waals surface area contributed by atoms with E-state index < -0.39 is 0 Å². The van der Waals surface area contributed by atoms with Crippen molar-refractivity contribution in [1.82, 2.24) is 4.90 Å². The first-order chi connectivity index (χ1) is 5.77. The van der Waals surface area contributed by atoms with Crippen molar-refractivity contribution >= 4 is 6.03 Å². The third-order valence-electron chi connectivity index (χ3n) is 2.86. The zero-order valence-corrected chi connectivity index (χ0v) is 7.07. The van der Waals surface area contributed by atoms with Crippen LogP contribution in [0.2, 0.25) is 0 Å². The first-order valence-corrected chi connectivity index (χ1v) is 4.50. The molecule has 0 spiro atoms. The zero-order valence-electron chi connectivity index (χ0n) is 7.07. The number of hydrogen-bond donors (Lipinski definition) is 1. The number of likely N-dealkylation sites (tertiary alicyclic amines) is 1. The third kappa shape index (κ3) is 1.19. The number of rotatable bonds is 0. The fourth-order valence-corrected chi connectivity index (χ4v) is 2.20. The maximum absolute atomic E-state index is 11.0. The molecule has 2 rings (SSSR count). The number of hydrogen-bond acceptors (Lipinski definition) is 1. The molecular weight excluding hydrogens is 152 g/mol. The van der Waals surface area contributed by atoms with Gasteiger partial charge in [-0.15, -0.1) is 0 Å². The quantitative estimate of drug-likeness (QED) is 0.538. The zero-order chi connectivity index (χ0) is 8.55.